The van der Waals surface area contributed by atoms with Gasteiger partial charge in [-0.3, -0.25) is 0 Å². The van der Waals surface area contributed by atoms with Crippen LogP contribution in [0.5, 0.6) is 0 Å². The summed E-state index contributed by atoms with van der Waals surface area (Å²) in [4.78, 5) is 31.4. The molecule has 0 heterocycles. The lowest BCUT2D eigenvalue weighted by Crippen LogP contribution is -2.51. The fraction of sp³-hybridized carbons (Fsp3) is 0.909. The van der Waals surface area contributed by atoms with E-state index in [2.05, 4.69) is 5.32 Å². The van der Waals surface area contributed by atoms with Crippen molar-refractivity contribution in [3.05, 3.63) is 0 Å². The highest BCUT2D eigenvalue weighted by molar-refractivity contribution is 7.98. The van der Waals surface area contributed by atoms with Gasteiger partial charge in [-0.2, -0.15) is 11.8 Å². The van der Waals surface area contributed by atoms with E-state index in [0.717, 1.165) is 31.4 Å². The summed E-state index contributed by atoms with van der Waals surface area (Å²) in [6.45, 7) is 5.45. The van der Waals surface area contributed by atoms with Crippen molar-refractivity contribution in [1.29, 1.82) is 0 Å². The number of rotatable bonds is 8. The Bertz CT molecular complexity index is 493. The average Bonchev–Trinajstić information content (AvgIpc) is 2.69. The van der Waals surface area contributed by atoms with Gasteiger partial charge < -0.3 is 14.9 Å². The molecule has 0 radical (unpaired) electrons. The van der Waals surface area contributed by atoms with Crippen LogP contribution < -0.4 is 5.32 Å². The van der Waals surface area contributed by atoms with Crippen LogP contribution in [0.4, 0.5) is 4.79 Å². The molecular formula is C22H40N2O4S. The van der Waals surface area contributed by atoms with Gasteiger partial charge in [0, 0.05) is 12.1 Å². The molecule has 7 heteroatoms. The summed E-state index contributed by atoms with van der Waals surface area (Å²) in [5, 5.41) is 4.76. The second kappa shape index (κ2) is 12.0. The smallest absolute Gasteiger partial charge is 0.408 e. The summed E-state index contributed by atoms with van der Waals surface area (Å²) < 4.78 is 5.36. The third-order valence-electron chi connectivity index (χ3n) is 5.65. The molecule has 1 amide bonds. The minimum Gasteiger partial charge on any atom is -0.444 e. The number of amides is 1. The second-order valence-electron chi connectivity index (χ2n) is 9.33. The number of hydrogen-bond donors (Lipinski definition) is 1. The zero-order chi connectivity index (χ0) is 21.3. The van der Waals surface area contributed by atoms with Crippen molar-refractivity contribution in [2.45, 2.75) is 115 Å². The molecule has 2 saturated carbocycles. The minimum atomic E-state index is -0.688. The predicted molar refractivity (Wildman–Crippen MR) is 118 cm³/mol. The van der Waals surface area contributed by atoms with Crippen LogP contribution in [0.15, 0.2) is 0 Å². The Hall–Kier alpha value is -0.950. The zero-order valence-corrected chi connectivity index (χ0v) is 19.5. The summed E-state index contributed by atoms with van der Waals surface area (Å²) in [5.41, 5.74) is -0.603. The SMILES string of the molecule is CSCC[C@H](NC(=O)OC(C)(C)C)C(=O)ON(C1CCCCC1)C1CCCCC1. The Balaban J connectivity index is 2.05. The first-order valence-corrected chi connectivity index (χ1v) is 12.7. The molecule has 168 valence electrons. The molecule has 29 heavy (non-hydrogen) atoms. The van der Waals surface area contributed by atoms with Gasteiger partial charge in [0.1, 0.15) is 11.6 Å². The van der Waals surface area contributed by atoms with Crippen molar-refractivity contribution in [2.75, 3.05) is 12.0 Å². The number of hydrogen-bond acceptors (Lipinski definition) is 6. The molecule has 6 nitrogen and oxygen atoms in total. The van der Waals surface area contributed by atoms with E-state index in [9.17, 15) is 9.59 Å². The number of nitrogens with one attached hydrogen (secondary N) is 1. The Morgan fingerprint density at radius 3 is 1.97 bits per heavy atom. The lowest BCUT2D eigenvalue weighted by atomic mass is 9.90. The number of carbonyl (C=O) groups excluding carboxylic acids is 2. The molecular weight excluding hydrogens is 388 g/mol. The molecule has 1 atom stereocenters. The molecule has 2 rings (SSSR count). The normalized spacial score (nSPS) is 20.3. The number of carbonyl (C=O) groups is 2. The van der Waals surface area contributed by atoms with Crippen LogP contribution in [0.1, 0.15) is 91.4 Å². The molecule has 0 aromatic heterocycles. The van der Waals surface area contributed by atoms with Gasteiger partial charge in [0.2, 0.25) is 0 Å². The molecule has 2 fully saturated rings. The van der Waals surface area contributed by atoms with Gasteiger partial charge in [-0.1, -0.05) is 38.5 Å². The van der Waals surface area contributed by atoms with Gasteiger partial charge in [0.25, 0.3) is 0 Å². The van der Waals surface area contributed by atoms with Crippen LogP contribution in [0.2, 0.25) is 0 Å². The quantitative estimate of drug-likeness (QED) is 0.545. The van der Waals surface area contributed by atoms with E-state index in [1.54, 1.807) is 11.8 Å². The minimum absolute atomic E-state index is 0.304. The highest BCUT2D eigenvalue weighted by Crippen LogP contribution is 2.30. The lowest BCUT2D eigenvalue weighted by Gasteiger charge is -2.40. The van der Waals surface area contributed by atoms with Crippen molar-refractivity contribution in [3.8, 4) is 0 Å². The van der Waals surface area contributed by atoms with Crippen molar-refractivity contribution >= 4 is 23.8 Å². The van der Waals surface area contributed by atoms with Gasteiger partial charge >= 0.3 is 12.1 Å². The highest BCUT2D eigenvalue weighted by atomic mass is 32.2. The third kappa shape index (κ3) is 8.75. The summed E-state index contributed by atoms with van der Waals surface area (Å²) in [6.07, 6.45) is 13.6. The Morgan fingerprint density at radius 2 is 1.52 bits per heavy atom. The van der Waals surface area contributed by atoms with Crippen LogP contribution >= 0.6 is 11.8 Å². The maximum absolute atomic E-state index is 13.1. The Morgan fingerprint density at radius 1 is 1.00 bits per heavy atom. The van der Waals surface area contributed by atoms with E-state index in [-0.39, 0.29) is 5.97 Å². The summed E-state index contributed by atoms with van der Waals surface area (Å²) in [5.74, 6) is 0.406. The highest BCUT2D eigenvalue weighted by Gasteiger charge is 2.34. The predicted octanol–water partition coefficient (Wildman–Crippen LogP) is 5.06. The van der Waals surface area contributed by atoms with Gasteiger partial charge in [-0.05, 0) is 64.9 Å². The summed E-state index contributed by atoms with van der Waals surface area (Å²) >= 11 is 1.65. The molecule has 0 aliphatic heterocycles. The third-order valence-corrected chi connectivity index (χ3v) is 6.29. The summed E-state index contributed by atoms with van der Waals surface area (Å²) in [7, 11) is 0. The van der Waals surface area contributed by atoms with Gasteiger partial charge in [0.05, 0.1) is 0 Å². The number of hydroxylamine groups is 2. The van der Waals surface area contributed by atoms with Crippen LogP contribution in [0.25, 0.3) is 0 Å². The maximum Gasteiger partial charge on any atom is 0.408 e. The first-order chi connectivity index (χ1) is 13.8. The van der Waals surface area contributed by atoms with Crippen molar-refractivity contribution in [1.82, 2.24) is 10.4 Å². The molecule has 0 aromatic rings. The van der Waals surface area contributed by atoms with E-state index in [4.69, 9.17) is 9.57 Å². The van der Waals surface area contributed by atoms with Crippen LogP contribution in [0.3, 0.4) is 0 Å². The largest absolute Gasteiger partial charge is 0.444 e. The maximum atomic E-state index is 13.1. The fourth-order valence-electron chi connectivity index (χ4n) is 4.22. The number of thioether (sulfide) groups is 1. The fourth-order valence-corrected chi connectivity index (χ4v) is 4.69. The molecule has 2 aliphatic rings. The molecule has 0 aromatic carbocycles. The van der Waals surface area contributed by atoms with E-state index >= 15 is 0 Å². The van der Waals surface area contributed by atoms with Crippen molar-refractivity contribution in [3.63, 3.8) is 0 Å². The monoisotopic (exact) mass is 428 g/mol. The average molecular weight is 429 g/mol. The topological polar surface area (TPSA) is 67.9 Å². The first kappa shape index (κ1) is 24.3. The standard InChI is InChI=1S/C22H40N2O4S/c1-22(2,3)27-21(26)23-19(15-16-29-4)20(25)28-24(17-11-7-5-8-12-17)18-13-9-6-10-14-18/h17-19H,5-16H2,1-4H3,(H,23,26)/t19-/m0/s1. The van der Waals surface area contributed by atoms with E-state index in [1.165, 1.54) is 38.5 Å². The zero-order valence-electron chi connectivity index (χ0n) is 18.7. The molecule has 2 aliphatic carbocycles. The van der Waals surface area contributed by atoms with Gasteiger partial charge in [-0.25, -0.2) is 9.59 Å². The molecule has 1 N–H and O–H groups in total. The van der Waals surface area contributed by atoms with Gasteiger partial charge in [0.15, 0.2) is 0 Å². The number of alkyl carbamates (subject to hydrolysis) is 1. The van der Waals surface area contributed by atoms with Crippen molar-refractivity contribution < 1.29 is 19.2 Å². The number of nitrogens with zero attached hydrogens (tertiary/aromatic N) is 1. The molecule has 0 saturated heterocycles. The van der Waals surface area contributed by atoms with Crippen molar-refractivity contribution in [2.24, 2.45) is 0 Å². The van der Waals surface area contributed by atoms with Gasteiger partial charge in [-0.15, -0.1) is 5.06 Å². The van der Waals surface area contributed by atoms with E-state index in [0.29, 0.717) is 18.5 Å². The van der Waals surface area contributed by atoms with Crippen LogP contribution in [-0.2, 0) is 14.4 Å². The Labute approximate surface area is 180 Å². The molecule has 0 unspecified atom stereocenters. The van der Waals surface area contributed by atoms with E-state index < -0.39 is 17.7 Å². The second-order valence-corrected chi connectivity index (χ2v) is 10.3. The lowest BCUT2D eigenvalue weighted by molar-refractivity contribution is -0.225. The van der Waals surface area contributed by atoms with E-state index in [1.807, 2.05) is 32.1 Å². The Kier molecular flexibility index (Phi) is 10.1. The van der Waals surface area contributed by atoms with Crippen LogP contribution in [-0.4, -0.2) is 52.9 Å². The first-order valence-electron chi connectivity index (χ1n) is 11.3. The summed E-state index contributed by atoms with van der Waals surface area (Å²) in [6, 6.07) is -0.0796. The molecule has 0 spiro atoms. The molecule has 0 bridgehead atoms. The number of ether oxygens (including phenoxy) is 1. The van der Waals surface area contributed by atoms with Crippen LogP contribution in [0, 0.1) is 0 Å².